The predicted molar refractivity (Wildman–Crippen MR) is 85.3 cm³/mol. The summed E-state index contributed by atoms with van der Waals surface area (Å²) in [4.78, 5) is 13.9. The summed E-state index contributed by atoms with van der Waals surface area (Å²) in [5.74, 6) is -0.839. The van der Waals surface area contributed by atoms with Crippen LogP contribution in [0.15, 0.2) is 42.3 Å². The maximum atomic E-state index is 13.5. The summed E-state index contributed by atoms with van der Waals surface area (Å²) >= 11 is 0. The number of alkyl halides is 3. The normalized spacial score (nSPS) is 11.1. The summed E-state index contributed by atoms with van der Waals surface area (Å²) in [7, 11) is 0. The molecule has 2 rings (SSSR count). The minimum Gasteiger partial charge on any atom is -0.512 e. The fraction of sp³-hybridized carbons (Fsp3) is 0.222. The van der Waals surface area contributed by atoms with Crippen LogP contribution < -0.4 is 0 Å². The number of halogens is 4. The first-order chi connectivity index (χ1) is 11.5. The Balaban J connectivity index is 0.000000673. The third-order valence-corrected chi connectivity index (χ3v) is 2.78. The molecule has 0 saturated carbocycles. The van der Waals surface area contributed by atoms with Crippen LogP contribution in [-0.4, -0.2) is 15.9 Å². The minimum atomic E-state index is -4.55. The molecule has 0 saturated heterocycles. The summed E-state index contributed by atoms with van der Waals surface area (Å²) in [5.41, 5.74) is -0.362. The maximum absolute atomic E-state index is 13.5. The van der Waals surface area contributed by atoms with E-state index in [1.165, 1.54) is 32.2 Å². The van der Waals surface area contributed by atoms with Crippen molar-refractivity contribution in [3.05, 3.63) is 65.3 Å². The number of benzene rings is 1. The van der Waals surface area contributed by atoms with Gasteiger partial charge in [0.15, 0.2) is 5.78 Å². The molecule has 1 radical (unpaired) electrons. The molecule has 143 valence electrons. The molecule has 2 aromatic rings. The molecule has 26 heavy (non-hydrogen) atoms. The van der Waals surface area contributed by atoms with Crippen LogP contribution in [0.2, 0.25) is 0 Å². The van der Waals surface area contributed by atoms with Gasteiger partial charge in [0.1, 0.15) is 0 Å². The number of pyridine rings is 1. The average Bonchev–Trinajstić information content (AvgIpc) is 2.45. The zero-order chi connectivity index (χ0) is 19.2. The zero-order valence-electron chi connectivity index (χ0n) is 14.1. The van der Waals surface area contributed by atoms with Crippen LogP contribution in [0.3, 0.4) is 0 Å². The molecule has 3 nitrogen and oxygen atoms in total. The second-order valence-corrected chi connectivity index (χ2v) is 5.21. The summed E-state index contributed by atoms with van der Waals surface area (Å²) in [6.07, 6.45) is -1.97. The van der Waals surface area contributed by atoms with E-state index in [1.54, 1.807) is 13.0 Å². The smallest absolute Gasteiger partial charge is 0.399 e. The van der Waals surface area contributed by atoms with Crippen molar-refractivity contribution in [2.45, 2.75) is 26.9 Å². The number of carbonyl (C=O) groups is 1. The Morgan fingerprint density at radius 2 is 1.85 bits per heavy atom. The number of hydrogen-bond donors (Lipinski definition) is 1. The standard InChI is InChI=1S/C13H8F4N.C5H8O2.Ir/c1-8-4-5-18-12(6-8)10-7-9(13(15,16)17)2-3-11(10)14;1-4(6)3-5(2)7;/h2-6H,1H3;3,6H,1-2H3;/q-1;;/b;4-3-;. The molecule has 0 unspecified atom stereocenters. The van der Waals surface area contributed by atoms with Gasteiger partial charge in [-0.05, 0) is 38.1 Å². The van der Waals surface area contributed by atoms with E-state index in [9.17, 15) is 22.4 Å². The van der Waals surface area contributed by atoms with E-state index >= 15 is 0 Å². The van der Waals surface area contributed by atoms with Crippen molar-refractivity contribution in [3.8, 4) is 11.3 Å². The number of hydrogen-bond acceptors (Lipinski definition) is 3. The van der Waals surface area contributed by atoms with E-state index < -0.39 is 17.6 Å². The van der Waals surface area contributed by atoms with Gasteiger partial charge in [0.05, 0.1) is 5.76 Å². The molecular weight excluding hydrogens is 530 g/mol. The second kappa shape index (κ2) is 10.2. The number of carbonyl (C=O) groups excluding carboxylic acids is 1. The Labute approximate surface area is 162 Å². The van der Waals surface area contributed by atoms with Gasteiger partial charge in [0.2, 0.25) is 0 Å². The third kappa shape index (κ3) is 7.89. The summed E-state index contributed by atoms with van der Waals surface area (Å²) in [6.45, 7) is 4.60. The Kier molecular flexibility index (Phi) is 9.38. The van der Waals surface area contributed by atoms with Crippen LogP contribution in [0.4, 0.5) is 17.6 Å². The van der Waals surface area contributed by atoms with Crippen molar-refractivity contribution in [3.63, 3.8) is 0 Å². The van der Waals surface area contributed by atoms with Crippen LogP contribution in [0.25, 0.3) is 11.3 Å². The second-order valence-electron chi connectivity index (χ2n) is 5.21. The largest absolute Gasteiger partial charge is 0.512 e. The van der Waals surface area contributed by atoms with E-state index in [4.69, 9.17) is 5.11 Å². The van der Waals surface area contributed by atoms with E-state index in [0.717, 1.165) is 11.6 Å². The number of allylic oxidation sites excluding steroid dienone is 2. The number of ketones is 1. The van der Waals surface area contributed by atoms with Gasteiger partial charge in [-0.1, -0.05) is 17.2 Å². The monoisotopic (exact) mass is 547 g/mol. The predicted octanol–water partition coefficient (Wildman–Crippen LogP) is 5.05. The number of nitrogens with zero attached hydrogens (tertiary/aromatic N) is 1. The number of rotatable bonds is 2. The van der Waals surface area contributed by atoms with Crippen molar-refractivity contribution in [2.24, 2.45) is 0 Å². The molecule has 0 fully saturated rings. The van der Waals surface area contributed by atoms with Crippen LogP contribution in [-0.2, 0) is 31.1 Å². The first-order valence-corrected chi connectivity index (χ1v) is 7.10. The molecule has 8 heteroatoms. The van der Waals surface area contributed by atoms with Gasteiger partial charge < -0.3 is 10.1 Å². The minimum absolute atomic E-state index is 0. The van der Waals surface area contributed by atoms with Gasteiger partial charge in [-0.2, -0.15) is 13.2 Å². The summed E-state index contributed by atoms with van der Waals surface area (Å²) in [6, 6.07) is 6.66. The third-order valence-electron chi connectivity index (χ3n) is 2.78. The zero-order valence-corrected chi connectivity index (χ0v) is 16.5. The Morgan fingerprint density at radius 1 is 1.23 bits per heavy atom. The number of aliphatic hydroxyl groups excluding tert-OH is 1. The molecule has 0 amide bonds. The Morgan fingerprint density at radius 3 is 2.27 bits per heavy atom. The number of aryl methyl sites for hydroxylation is 1. The first-order valence-electron chi connectivity index (χ1n) is 7.10. The van der Waals surface area contributed by atoms with Gasteiger partial charge in [-0.25, -0.2) is 0 Å². The van der Waals surface area contributed by atoms with Crippen LogP contribution in [0.1, 0.15) is 25.0 Å². The molecule has 1 heterocycles. The SMILES string of the molecule is CC(=O)/C=C(/C)O.Cc1ccnc(-c2[c-]c(C(F)(F)F)ccc2F)c1.[Ir]. The van der Waals surface area contributed by atoms with Gasteiger partial charge in [0.25, 0.3) is 0 Å². The molecule has 1 aromatic carbocycles. The van der Waals surface area contributed by atoms with Crippen molar-refractivity contribution >= 4 is 5.78 Å². The van der Waals surface area contributed by atoms with E-state index in [1.807, 2.05) is 6.07 Å². The quantitative estimate of drug-likeness (QED) is 0.248. The van der Waals surface area contributed by atoms with E-state index in [0.29, 0.717) is 6.07 Å². The molecule has 0 aliphatic rings. The molecule has 0 atom stereocenters. The van der Waals surface area contributed by atoms with Crippen LogP contribution >= 0.6 is 0 Å². The van der Waals surface area contributed by atoms with Crippen molar-refractivity contribution in [2.75, 3.05) is 0 Å². The fourth-order valence-corrected chi connectivity index (χ4v) is 1.79. The molecule has 0 bridgehead atoms. The number of aromatic nitrogens is 1. The summed E-state index contributed by atoms with van der Waals surface area (Å²) < 4.78 is 51.1. The average molecular weight is 547 g/mol. The topological polar surface area (TPSA) is 50.2 Å². The molecular formula is C18H16F4IrNO2-. The fourth-order valence-electron chi connectivity index (χ4n) is 1.79. The summed E-state index contributed by atoms with van der Waals surface area (Å²) in [5, 5.41) is 8.36. The van der Waals surface area contributed by atoms with Gasteiger partial charge in [-0.15, -0.1) is 18.2 Å². The van der Waals surface area contributed by atoms with Gasteiger partial charge in [0, 0.05) is 38.2 Å². The first kappa shape index (κ1) is 23.9. The van der Waals surface area contributed by atoms with Gasteiger partial charge >= 0.3 is 6.18 Å². The maximum Gasteiger partial charge on any atom is 0.399 e. The van der Waals surface area contributed by atoms with Crippen molar-refractivity contribution in [1.82, 2.24) is 4.98 Å². The molecule has 0 spiro atoms. The van der Waals surface area contributed by atoms with Crippen LogP contribution in [0, 0.1) is 18.8 Å². The van der Waals surface area contributed by atoms with Crippen molar-refractivity contribution in [1.29, 1.82) is 0 Å². The molecule has 0 aliphatic heterocycles. The van der Waals surface area contributed by atoms with E-state index in [-0.39, 0.29) is 42.9 Å². The van der Waals surface area contributed by atoms with Gasteiger partial charge in [-0.3, -0.25) is 9.18 Å². The molecule has 1 aromatic heterocycles. The molecule has 0 aliphatic carbocycles. The van der Waals surface area contributed by atoms with Crippen LogP contribution in [0.5, 0.6) is 0 Å². The molecule has 1 N–H and O–H groups in total. The Bertz CT molecular complexity index is 785. The van der Waals surface area contributed by atoms with E-state index in [2.05, 4.69) is 4.98 Å². The Hall–Kier alpha value is -2.05. The number of aliphatic hydroxyl groups is 1. The van der Waals surface area contributed by atoms with Crippen molar-refractivity contribution < 1.29 is 47.6 Å².